The molecule has 3 heteroatoms. The SMILES string of the molecule is O=C(CCc1cccnc1)c1cccc(Br)c1. The lowest BCUT2D eigenvalue weighted by Crippen LogP contribution is -2.01. The van der Waals surface area contributed by atoms with Gasteiger partial charge in [-0.25, -0.2) is 0 Å². The first-order valence-corrected chi connectivity index (χ1v) is 6.22. The van der Waals surface area contributed by atoms with Crippen LogP contribution in [0.5, 0.6) is 0 Å². The fraction of sp³-hybridized carbons (Fsp3) is 0.143. The fourth-order valence-corrected chi connectivity index (χ4v) is 2.01. The zero-order valence-electron chi connectivity index (χ0n) is 9.27. The zero-order valence-corrected chi connectivity index (χ0v) is 10.9. The molecule has 0 aliphatic carbocycles. The molecule has 1 aromatic heterocycles. The Kier molecular flexibility index (Phi) is 4.04. The van der Waals surface area contributed by atoms with Gasteiger partial charge in [0.2, 0.25) is 0 Å². The van der Waals surface area contributed by atoms with E-state index in [1.165, 1.54) is 0 Å². The number of nitrogens with zero attached hydrogens (tertiary/aromatic N) is 1. The molecule has 0 radical (unpaired) electrons. The number of halogens is 1. The number of hydrogen-bond donors (Lipinski definition) is 0. The van der Waals surface area contributed by atoms with Crippen LogP contribution in [0.15, 0.2) is 53.3 Å². The molecule has 0 bridgehead atoms. The van der Waals surface area contributed by atoms with Crippen LogP contribution in [-0.4, -0.2) is 10.8 Å². The highest BCUT2D eigenvalue weighted by atomic mass is 79.9. The molecular formula is C14H12BrNO. The van der Waals surface area contributed by atoms with Crippen molar-refractivity contribution in [2.24, 2.45) is 0 Å². The second-order valence-corrected chi connectivity index (χ2v) is 4.71. The lowest BCUT2D eigenvalue weighted by Gasteiger charge is -2.02. The summed E-state index contributed by atoms with van der Waals surface area (Å²) in [4.78, 5) is 16.0. The van der Waals surface area contributed by atoms with Crippen LogP contribution in [0.25, 0.3) is 0 Å². The van der Waals surface area contributed by atoms with Gasteiger partial charge in [0.05, 0.1) is 0 Å². The Labute approximate surface area is 109 Å². The highest BCUT2D eigenvalue weighted by Crippen LogP contribution is 2.14. The van der Waals surface area contributed by atoms with E-state index in [1.54, 1.807) is 12.4 Å². The molecular weight excluding hydrogens is 278 g/mol. The number of benzene rings is 1. The van der Waals surface area contributed by atoms with Crippen molar-refractivity contribution in [3.63, 3.8) is 0 Å². The fourth-order valence-electron chi connectivity index (χ4n) is 1.61. The van der Waals surface area contributed by atoms with Crippen molar-refractivity contribution >= 4 is 21.7 Å². The predicted molar refractivity (Wildman–Crippen MR) is 71.0 cm³/mol. The monoisotopic (exact) mass is 289 g/mol. The molecule has 0 aliphatic heterocycles. The summed E-state index contributed by atoms with van der Waals surface area (Å²) in [6, 6.07) is 11.4. The number of ketones is 1. The molecule has 86 valence electrons. The summed E-state index contributed by atoms with van der Waals surface area (Å²) < 4.78 is 0.935. The van der Waals surface area contributed by atoms with E-state index in [9.17, 15) is 4.79 Å². The molecule has 0 atom stereocenters. The van der Waals surface area contributed by atoms with Crippen LogP contribution in [-0.2, 0) is 6.42 Å². The summed E-state index contributed by atoms with van der Waals surface area (Å²) in [5.74, 6) is 0.162. The Hall–Kier alpha value is -1.48. The van der Waals surface area contributed by atoms with Gasteiger partial charge in [0, 0.05) is 28.9 Å². The van der Waals surface area contributed by atoms with E-state index < -0.39 is 0 Å². The number of rotatable bonds is 4. The van der Waals surface area contributed by atoms with E-state index >= 15 is 0 Å². The van der Waals surface area contributed by atoms with Gasteiger partial charge in [-0.15, -0.1) is 0 Å². The number of carbonyl (C=O) groups excluding carboxylic acids is 1. The first-order chi connectivity index (χ1) is 8.25. The molecule has 2 aromatic rings. The Morgan fingerprint density at radius 3 is 2.82 bits per heavy atom. The molecule has 0 aliphatic rings. The van der Waals surface area contributed by atoms with Crippen LogP contribution >= 0.6 is 15.9 Å². The van der Waals surface area contributed by atoms with Gasteiger partial charge < -0.3 is 0 Å². The number of aromatic nitrogens is 1. The van der Waals surface area contributed by atoms with Crippen molar-refractivity contribution in [2.45, 2.75) is 12.8 Å². The quantitative estimate of drug-likeness (QED) is 0.804. The van der Waals surface area contributed by atoms with Crippen molar-refractivity contribution in [1.29, 1.82) is 0 Å². The minimum absolute atomic E-state index is 0.162. The minimum atomic E-state index is 0.162. The topological polar surface area (TPSA) is 30.0 Å². The standard InChI is InChI=1S/C14H12BrNO/c15-13-5-1-4-12(9-13)14(17)7-6-11-3-2-8-16-10-11/h1-5,8-10H,6-7H2. The second kappa shape index (κ2) is 5.73. The molecule has 0 spiro atoms. The van der Waals surface area contributed by atoms with Crippen molar-refractivity contribution < 1.29 is 4.79 Å². The third-order valence-electron chi connectivity index (χ3n) is 2.51. The van der Waals surface area contributed by atoms with Gasteiger partial charge in [0.15, 0.2) is 5.78 Å². The Morgan fingerprint density at radius 2 is 2.12 bits per heavy atom. The maximum absolute atomic E-state index is 11.9. The van der Waals surface area contributed by atoms with Crippen LogP contribution in [0.3, 0.4) is 0 Å². The lowest BCUT2D eigenvalue weighted by atomic mass is 10.0. The number of hydrogen-bond acceptors (Lipinski definition) is 2. The number of pyridine rings is 1. The van der Waals surface area contributed by atoms with E-state index in [-0.39, 0.29) is 5.78 Å². The Balaban J connectivity index is 1.98. The number of carbonyl (C=O) groups is 1. The lowest BCUT2D eigenvalue weighted by molar-refractivity contribution is 0.0983. The molecule has 1 heterocycles. The summed E-state index contributed by atoms with van der Waals surface area (Å²) >= 11 is 3.36. The minimum Gasteiger partial charge on any atom is -0.294 e. The van der Waals surface area contributed by atoms with Crippen LogP contribution in [0, 0.1) is 0 Å². The summed E-state index contributed by atoms with van der Waals surface area (Å²) in [7, 11) is 0. The molecule has 2 nitrogen and oxygen atoms in total. The van der Waals surface area contributed by atoms with E-state index in [0.29, 0.717) is 6.42 Å². The van der Waals surface area contributed by atoms with Gasteiger partial charge in [-0.05, 0) is 30.2 Å². The van der Waals surface area contributed by atoms with Gasteiger partial charge in [0.25, 0.3) is 0 Å². The average Bonchev–Trinajstić information content (AvgIpc) is 2.37. The molecule has 1 aromatic carbocycles. The number of aryl methyl sites for hydroxylation is 1. The van der Waals surface area contributed by atoms with Gasteiger partial charge in [0.1, 0.15) is 0 Å². The molecule has 0 unspecified atom stereocenters. The van der Waals surface area contributed by atoms with E-state index in [1.807, 2.05) is 36.4 Å². The third kappa shape index (κ3) is 3.49. The van der Waals surface area contributed by atoms with Gasteiger partial charge in [-0.1, -0.05) is 34.1 Å². The van der Waals surface area contributed by atoms with Gasteiger partial charge >= 0.3 is 0 Å². The summed E-state index contributed by atoms with van der Waals surface area (Å²) in [6.45, 7) is 0. The molecule has 0 saturated carbocycles. The highest BCUT2D eigenvalue weighted by molar-refractivity contribution is 9.10. The summed E-state index contributed by atoms with van der Waals surface area (Å²) in [5.41, 5.74) is 1.85. The van der Waals surface area contributed by atoms with Crippen LogP contribution in [0.1, 0.15) is 22.3 Å². The maximum Gasteiger partial charge on any atom is 0.163 e. The van der Waals surface area contributed by atoms with Crippen molar-refractivity contribution in [3.8, 4) is 0 Å². The smallest absolute Gasteiger partial charge is 0.163 e. The predicted octanol–water partition coefficient (Wildman–Crippen LogP) is 3.66. The first kappa shape index (κ1) is 12.0. The van der Waals surface area contributed by atoms with Crippen LogP contribution < -0.4 is 0 Å². The molecule has 0 fully saturated rings. The third-order valence-corrected chi connectivity index (χ3v) is 3.00. The van der Waals surface area contributed by atoms with Crippen LogP contribution in [0.2, 0.25) is 0 Å². The zero-order chi connectivity index (χ0) is 12.1. The van der Waals surface area contributed by atoms with Gasteiger partial charge in [-0.3, -0.25) is 9.78 Å². The molecule has 0 amide bonds. The molecule has 0 saturated heterocycles. The largest absolute Gasteiger partial charge is 0.294 e. The van der Waals surface area contributed by atoms with Crippen molar-refractivity contribution in [1.82, 2.24) is 4.98 Å². The maximum atomic E-state index is 11.9. The van der Waals surface area contributed by atoms with Crippen molar-refractivity contribution in [2.75, 3.05) is 0 Å². The summed E-state index contributed by atoms with van der Waals surface area (Å²) in [6.07, 6.45) is 4.79. The normalized spacial score (nSPS) is 10.2. The second-order valence-electron chi connectivity index (χ2n) is 3.79. The summed E-state index contributed by atoms with van der Waals surface area (Å²) in [5, 5.41) is 0. The Morgan fingerprint density at radius 1 is 1.24 bits per heavy atom. The van der Waals surface area contributed by atoms with E-state index in [0.717, 1.165) is 22.0 Å². The highest BCUT2D eigenvalue weighted by Gasteiger charge is 2.06. The van der Waals surface area contributed by atoms with E-state index in [2.05, 4.69) is 20.9 Å². The average molecular weight is 290 g/mol. The number of Topliss-reactive ketones (excluding diaryl/α,β-unsaturated/α-hetero) is 1. The molecule has 2 rings (SSSR count). The Bertz CT molecular complexity index is 511. The molecule has 0 N–H and O–H groups in total. The van der Waals surface area contributed by atoms with E-state index in [4.69, 9.17) is 0 Å². The van der Waals surface area contributed by atoms with Gasteiger partial charge in [-0.2, -0.15) is 0 Å². The van der Waals surface area contributed by atoms with Crippen LogP contribution in [0.4, 0.5) is 0 Å². The van der Waals surface area contributed by atoms with Crippen molar-refractivity contribution in [3.05, 3.63) is 64.4 Å². The molecule has 17 heavy (non-hydrogen) atoms. The first-order valence-electron chi connectivity index (χ1n) is 5.43.